The van der Waals surface area contributed by atoms with Crippen LogP contribution in [0.25, 0.3) is 0 Å². The number of carbonyl (C=O) groups excluding carboxylic acids is 1. The van der Waals surface area contributed by atoms with E-state index in [0.29, 0.717) is 6.42 Å². The molecule has 18 heavy (non-hydrogen) atoms. The molecule has 0 bridgehead atoms. The highest BCUT2D eigenvalue weighted by Gasteiger charge is 2.06. The maximum absolute atomic E-state index is 9.81. The van der Waals surface area contributed by atoms with Crippen molar-refractivity contribution in [2.75, 3.05) is 6.54 Å². The van der Waals surface area contributed by atoms with Crippen LogP contribution in [0.5, 0.6) is 0 Å². The Bertz CT molecular complexity index is 294. The molecule has 0 aliphatic rings. The van der Waals surface area contributed by atoms with Gasteiger partial charge in [-0.3, -0.25) is 12.9 Å². The molecule has 0 amide bonds. The van der Waals surface area contributed by atoms with Gasteiger partial charge >= 0.3 is 7.54 Å². The third kappa shape index (κ3) is 20.2. The lowest BCUT2D eigenvalue weighted by molar-refractivity contribution is -0.116. The average Bonchev–Trinajstić information content (AvgIpc) is 2.31. The van der Waals surface area contributed by atoms with E-state index in [-0.39, 0.29) is 5.78 Å². The van der Waals surface area contributed by atoms with Gasteiger partial charge < -0.3 is 10.5 Å². The van der Waals surface area contributed by atoms with Crippen molar-refractivity contribution in [3.63, 3.8) is 0 Å². The Morgan fingerprint density at radius 3 is 1.89 bits per heavy atom. The first kappa shape index (κ1) is 19.1. The summed E-state index contributed by atoms with van der Waals surface area (Å²) in [5, 5.41) is 0. The molecule has 0 atom stereocenters. The van der Waals surface area contributed by atoms with Gasteiger partial charge in [0, 0.05) is 6.42 Å². The van der Waals surface area contributed by atoms with Gasteiger partial charge in [0.05, 0.1) is 0 Å². The van der Waals surface area contributed by atoms with Crippen LogP contribution in [0.1, 0.15) is 25.8 Å². The van der Waals surface area contributed by atoms with Gasteiger partial charge in [-0.05, 0) is 25.5 Å². The summed E-state index contributed by atoms with van der Waals surface area (Å²) in [4.78, 5) is 9.81. The molecule has 0 aliphatic heterocycles. The zero-order chi connectivity index (χ0) is 14.4. The van der Waals surface area contributed by atoms with E-state index in [0.717, 1.165) is 13.0 Å². The van der Waals surface area contributed by atoms with Gasteiger partial charge in [0.25, 0.3) is 0 Å². The van der Waals surface area contributed by atoms with E-state index >= 15 is 0 Å². The zero-order valence-corrected chi connectivity index (χ0v) is 10.7. The number of rotatable bonds is 3. The van der Waals surface area contributed by atoms with Crippen molar-refractivity contribution in [3.8, 4) is 0 Å². The minimum atomic E-state index is -3.67. The number of carbonyl (C=O) groups is 1. The second-order valence-corrected chi connectivity index (χ2v) is 3.33. The van der Waals surface area contributed by atoms with Crippen molar-refractivity contribution in [1.29, 1.82) is 0 Å². The van der Waals surface area contributed by atoms with E-state index in [1.807, 2.05) is 25.1 Å². The molecule has 0 saturated heterocycles. The van der Waals surface area contributed by atoms with Crippen LogP contribution >= 0.6 is 0 Å². The normalized spacial score (nSPS) is 8.33. The monoisotopic (exact) mass is 261 g/mol. The van der Waals surface area contributed by atoms with Crippen molar-refractivity contribution in [2.24, 2.45) is 5.73 Å². The van der Waals surface area contributed by atoms with Crippen LogP contribution in [-0.4, -0.2) is 19.9 Å². The summed E-state index contributed by atoms with van der Waals surface area (Å²) in [6.45, 7) is 4.17. The van der Waals surface area contributed by atoms with E-state index in [1.54, 1.807) is 6.92 Å². The number of hydrogen-bond donors (Lipinski definition) is 1. The van der Waals surface area contributed by atoms with Gasteiger partial charge in [-0.25, -0.2) is 0 Å². The van der Waals surface area contributed by atoms with Crippen LogP contribution in [0, 0.1) is 0 Å². The van der Waals surface area contributed by atoms with Crippen molar-refractivity contribution in [1.82, 2.24) is 0 Å². The molecule has 2 nitrogen and oxygen atoms in total. The molecule has 0 spiro atoms. The van der Waals surface area contributed by atoms with Crippen LogP contribution in [0.3, 0.4) is 0 Å². The summed E-state index contributed by atoms with van der Waals surface area (Å²) in [6.07, 6.45) is 1.65. The van der Waals surface area contributed by atoms with Gasteiger partial charge in [-0.2, -0.15) is 0 Å². The van der Waals surface area contributed by atoms with Crippen LogP contribution in [0.15, 0.2) is 30.3 Å². The van der Waals surface area contributed by atoms with Crippen LogP contribution < -0.4 is 5.73 Å². The van der Waals surface area contributed by atoms with Crippen molar-refractivity contribution < 1.29 is 17.7 Å². The molecule has 1 rings (SSSR count). The summed E-state index contributed by atoms with van der Waals surface area (Å²) in [7, 11) is -3.67. The number of hydrogen-bond acceptors (Lipinski definition) is 2. The van der Waals surface area contributed by atoms with E-state index in [1.165, 1.54) is 5.56 Å². The first-order chi connectivity index (χ1) is 8.43. The number of nitrogens with two attached hydrogens (primary N) is 1. The average molecular weight is 261 g/mol. The third-order valence-corrected chi connectivity index (χ3v) is 1.77. The molecule has 0 saturated carbocycles. The summed E-state index contributed by atoms with van der Waals surface area (Å²) < 4.78 is 29.0. The molecule has 102 valence electrons. The molecule has 0 radical (unpaired) electrons. The predicted molar refractivity (Wildman–Crippen MR) is 69.3 cm³/mol. The van der Waals surface area contributed by atoms with Crippen molar-refractivity contribution in [2.45, 2.75) is 26.7 Å². The Kier molecular flexibility index (Phi) is 14.6. The summed E-state index contributed by atoms with van der Waals surface area (Å²) in [5.74, 6) is 0.255. The fourth-order valence-electron chi connectivity index (χ4n) is 0.811. The fraction of sp³-hybridized carbons (Fsp3) is 0.417. The Hall–Kier alpha value is -1.30. The maximum atomic E-state index is 9.81. The lowest BCUT2D eigenvalue weighted by atomic mass is 10.2. The van der Waals surface area contributed by atoms with Gasteiger partial charge in [0.1, 0.15) is 5.78 Å². The highest BCUT2D eigenvalue weighted by molar-refractivity contribution is 6.33. The predicted octanol–water partition coefficient (Wildman–Crippen LogP) is 3.05. The zero-order valence-electron chi connectivity index (χ0n) is 10.7. The van der Waals surface area contributed by atoms with E-state index < -0.39 is 7.54 Å². The molecule has 0 aromatic heterocycles. The summed E-state index contributed by atoms with van der Waals surface area (Å²) in [5.41, 5.74) is 6.68. The van der Waals surface area contributed by atoms with Crippen LogP contribution in [-0.2, 0) is 11.2 Å². The lowest BCUT2D eigenvalue weighted by Gasteiger charge is -1.93. The maximum Gasteiger partial charge on any atom is 0.762 e. The Morgan fingerprint density at radius 1 is 1.22 bits per heavy atom. The third-order valence-electron chi connectivity index (χ3n) is 1.77. The Morgan fingerprint density at radius 2 is 1.61 bits per heavy atom. The molecule has 0 unspecified atom stereocenters. The van der Waals surface area contributed by atoms with E-state index in [4.69, 9.17) is 5.73 Å². The van der Waals surface area contributed by atoms with E-state index in [9.17, 15) is 17.7 Å². The van der Waals surface area contributed by atoms with Crippen molar-refractivity contribution >= 4 is 13.3 Å². The molecular formula is C12H19BF3NO. The highest BCUT2D eigenvalue weighted by Crippen LogP contribution is 1.96. The molecule has 0 fully saturated rings. The lowest BCUT2D eigenvalue weighted by Crippen LogP contribution is -2.01. The first-order valence-electron chi connectivity index (χ1n) is 5.59. The standard InChI is InChI=1S/C8H11N.C4H8O.BF3/c9-7-6-8-4-2-1-3-5-8;1-3-4(2)5;2-1(3)4/h1-5H,6-7,9H2;3H2,1-2H3;. The number of ketones is 1. The van der Waals surface area contributed by atoms with Crippen molar-refractivity contribution in [3.05, 3.63) is 35.9 Å². The number of Topliss-reactive ketones (excluding diaryl/α,β-unsaturated/α-hetero) is 1. The van der Waals surface area contributed by atoms with Gasteiger partial charge in [0.15, 0.2) is 0 Å². The highest BCUT2D eigenvalue weighted by atomic mass is 19.4. The number of halogens is 3. The summed E-state index contributed by atoms with van der Waals surface area (Å²) >= 11 is 0. The second kappa shape index (κ2) is 13.8. The Labute approximate surface area is 107 Å². The first-order valence-corrected chi connectivity index (χ1v) is 5.59. The quantitative estimate of drug-likeness (QED) is 0.850. The van der Waals surface area contributed by atoms with Crippen LogP contribution in [0.4, 0.5) is 12.9 Å². The van der Waals surface area contributed by atoms with Gasteiger partial charge in [-0.1, -0.05) is 37.3 Å². The molecular weight excluding hydrogens is 242 g/mol. The smallest absolute Gasteiger partial charge is 0.330 e. The molecule has 2 N–H and O–H groups in total. The molecule has 0 heterocycles. The van der Waals surface area contributed by atoms with Gasteiger partial charge in [0.2, 0.25) is 0 Å². The Balaban J connectivity index is 0. The minimum absolute atomic E-state index is 0.255. The largest absolute Gasteiger partial charge is 0.762 e. The molecule has 0 aliphatic carbocycles. The molecule has 6 heteroatoms. The van der Waals surface area contributed by atoms with Crippen LogP contribution in [0.2, 0.25) is 0 Å². The fourth-order valence-corrected chi connectivity index (χ4v) is 0.811. The minimum Gasteiger partial charge on any atom is -0.330 e. The second-order valence-electron chi connectivity index (χ2n) is 3.33. The summed E-state index contributed by atoms with van der Waals surface area (Å²) in [6, 6.07) is 10.3. The SMILES string of the molecule is CCC(C)=O.FB(F)F.NCCc1ccccc1. The molecule has 1 aromatic carbocycles. The number of benzene rings is 1. The van der Waals surface area contributed by atoms with Gasteiger partial charge in [-0.15, -0.1) is 0 Å². The topological polar surface area (TPSA) is 43.1 Å². The molecule has 1 aromatic rings. The van der Waals surface area contributed by atoms with E-state index in [2.05, 4.69) is 12.1 Å².